The Kier molecular flexibility index (Phi) is 5.91. The largest absolute Gasteiger partial charge is 0.497 e. The molecule has 0 saturated carbocycles. The van der Waals surface area contributed by atoms with Crippen LogP contribution in [0, 0.1) is 10.1 Å². The summed E-state index contributed by atoms with van der Waals surface area (Å²) in [6, 6.07) is 7.30. The molecule has 1 aromatic carbocycles. The molecule has 142 valence electrons. The van der Waals surface area contributed by atoms with Crippen LogP contribution in [0.1, 0.15) is 12.7 Å². The van der Waals surface area contributed by atoms with Gasteiger partial charge in [-0.25, -0.2) is 0 Å². The van der Waals surface area contributed by atoms with Gasteiger partial charge in [0.15, 0.2) is 11.0 Å². The minimum Gasteiger partial charge on any atom is -0.497 e. The topological polar surface area (TPSA) is 110 Å². The molecular formula is C16H18N6O4S. The van der Waals surface area contributed by atoms with Gasteiger partial charge >= 0.3 is 5.69 Å². The van der Waals surface area contributed by atoms with E-state index >= 15 is 0 Å². The van der Waals surface area contributed by atoms with Gasteiger partial charge in [0.2, 0.25) is 0 Å². The third kappa shape index (κ3) is 4.56. The minimum absolute atomic E-state index is 0.0406. The van der Waals surface area contributed by atoms with E-state index in [1.165, 1.54) is 28.8 Å². The normalized spacial score (nSPS) is 10.7. The second-order valence-electron chi connectivity index (χ2n) is 5.38. The van der Waals surface area contributed by atoms with Gasteiger partial charge in [0.05, 0.1) is 17.9 Å². The van der Waals surface area contributed by atoms with Gasteiger partial charge in [-0.3, -0.25) is 14.8 Å². The molecule has 0 unspecified atom stereocenters. The zero-order valence-electron chi connectivity index (χ0n) is 14.8. The molecule has 3 aromatic rings. The van der Waals surface area contributed by atoms with Gasteiger partial charge in [0.1, 0.15) is 30.5 Å². The van der Waals surface area contributed by atoms with Crippen molar-refractivity contribution in [3.63, 3.8) is 0 Å². The Morgan fingerprint density at radius 1 is 1.22 bits per heavy atom. The fourth-order valence-electron chi connectivity index (χ4n) is 2.31. The number of nitro groups is 1. The maximum atomic E-state index is 10.7. The van der Waals surface area contributed by atoms with E-state index in [9.17, 15) is 10.1 Å². The fourth-order valence-corrected chi connectivity index (χ4v) is 3.19. The number of rotatable bonds is 9. The molecular weight excluding hydrogens is 372 g/mol. The van der Waals surface area contributed by atoms with Crippen LogP contribution >= 0.6 is 11.8 Å². The summed E-state index contributed by atoms with van der Waals surface area (Å²) < 4.78 is 14.3. The van der Waals surface area contributed by atoms with E-state index in [0.29, 0.717) is 29.2 Å². The van der Waals surface area contributed by atoms with Crippen molar-refractivity contribution in [1.29, 1.82) is 0 Å². The molecule has 0 aliphatic rings. The molecule has 2 aromatic heterocycles. The Hall–Kier alpha value is -3.08. The summed E-state index contributed by atoms with van der Waals surface area (Å²) in [7, 11) is 1.61. The SMILES string of the molecule is CCn1c(COc2ccc(OC)cc2)nnc1SCn1cc([N+](=O)[O-])cn1. The molecule has 0 spiro atoms. The number of aromatic nitrogens is 5. The Morgan fingerprint density at radius 3 is 2.59 bits per heavy atom. The molecule has 0 bridgehead atoms. The Labute approximate surface area is 159 Å². The van der Waals surface area contributed by atoms with Crippen LogP contribution in [0.5, 0.6) is 11.5 Å². The van der Waals surface area contributed by atoms with Crippen LogP contribution < -0.4 is 9.47 Å². The molecule has 0 aliphatic heterocycles. The van der Waals surface area contributed by atoms with Gasteiger partial charge in [0.25, 0.3) is 0 Å². The molecule has 3 rings (SSSR count). The van der Waals surface area contributed by atoms with E-state index in [4.69, 9.17) is 9.47 Å². The predicted octanol–water partition coefficient (Wildman–Crippen LogP) is 2.74. The lowest BCUT2D eigenvalue weighted by Crippen LogP contribution is -2.07. The van der Waals surface area contributed by atoms with Gasteiger partial charge in [0, 0.05) is 6.54 Å². The Balaban J connectivity index is 1.62. The molecule has 0 N–H and O–H groups in total. The lowest BCUT2D eigenvalue weighted by atomic mass is 10.3. The molecule has 0 fully saturated rings. The summed E-state index contributed by atoms with van der Waals surface area (Å²) in [5.41, 5.74) is -0.0406. The number of hydrogen-bond acceptors (Lipinski definition) is 8. The molecule has 0 atom stereocenters. The van der Waals surface area contributed by atoms with Gasteiger partial charge in [-0.2, -0.15) is 5.10 Å². The lowest BCUT2D eigenvalue weighted by Gasteiger charge is -2.09. The number of nitrogens with zero attached hydrogens (tertiary/aromatic N) is 6. The van der Waals surface area contributed by atoms with Crippen molar-refractivity contribution in [3.05, 3.63) is 52.6 Å². The van der Waals surface area contributed by atoms with E-state index in [-0.39, 0.29) is 12.3 Å². The van der Waals surface area contributed by atoms with Gasteiger partial charge in [-0.15, -0.1) is 10.2 Å². The Bertz CT molecular complexity index is 908. The van der Waals surface area contributed by atoms with Crippen molar-refractivity contribution < 1.29 is 14.4 Å². The van der Waals surface area contributed by atoms with Crippen LogP contribution in [0.4, 0.5) is 5.69 Å². The molecule has 10 nitrogen and oxygen atoms in total. The Morgan fingerprint density at radius 2 is 1.96 bits per heavy atom. The second-order valence-corrected chi connectivity index (χ2v) is 6.29. The minimum atomic E-state index is -0.475. The van der Waals surface area contributed by atoms with Crippen molar-refractivity contribution in [1.82, 2.24) is 24.5 Å². The quantitative estimate of drug-likeness (QED) is 0.312. The molecule has 0 aliphatic carbocycles. The zero-order chi connectivity index (χ0) is 19.2. The fraction of sp³-hybridized carbons (Fsp3) is 0.312. The van der Waals surface area contributed by atoms with Crippen molar-refractivity contribution in [2.75, 3.05) is 7.11 Å². The summed E-state index contributed by atoms with van der Waals surface area (Å²) in [6.07, 6.45) is 2.60. The van der Waals surface area contributed by atoms with Crippen LogP contribution in [0.2, 0.25) is 0 Å². The number of hydrogen-bond donors (Lipinski definition) is 0. The molecule has 0 radical (unpaired) electrons. The smallest absolute Gasteiger partial charge is 0.307 e. The summed E-state index contributed by atoms with van der Waals surface area (Å²) in [5, 5.41) is 23.8. The molecule has 0 saturated heterocycles. The van der Waals surface area contributed by atoms with Gasteiger partial charge in [-0.1, -0.05) is 11.8 Å². The van der Waals surface area contributed by atoms with E-state index in [0.717, 1.165) is 5.75 Å². The van der Waals surface area contributed by atoms with Crippen LogP contribution in [0.3, 0.4) is 0 Å². The van der Waals surface area contributed by atoms with Crippen molar-refractivity contribution >= 4 is 17.4 Å². The average Bonchev–Trinajstić information content (AvgIpc) is 3.31. The first-order valence-corrected chi connectivity index (χ1v) is 9.07. The summed E-state index contributed by atoms with van der Waals surface area (Å²) in [5.74, 6) is 2.56. The molecule has 0 amide bonds. The highest BCUT2D eigenvalue weighted by Gasteiger charge is 2.14. The number of methoxy groups -OCH3 is 1. The van der Waals surface area contributed by atoms with Crippen molar-refractivity contribution in [2.45, 2.75) is 31.1 Å². The van der Waals surface area contributed by atoms with E-state index in [1.807, 2.05) is 35.8 Å². The van der Waals surface area contributed by atoms with E-state index in [2.05, 4.69) is 15.3 Å². The summed E-state index contributed by atoms with van der Waals surface area (Å²) >= 11 is 1.39. The first-order valence-electron chi connectivity index (χ1n) is 8.09. The highest BCUT2D eigenvalue weighted by molar-refractivity contribution is 7.98. The highest BCUT2D eigenvalue weighted by atomic mass is 32.2. The van der Waals surface area contributed by atoms with Crippen LogP contribution in [0.25, 0.3) is 0 Å². The molecule has 27 heavy (non-hydrogen) atoms. The average molecular weight is 390 g/mol. The zero-order valence-corrected chi connectivity index (χ0v) is 15.6. The number of thioether (sulfide) groups is 1. The van der Waals surface area contributed by atoms with Crippen molar-refractivity contribution in [2.24, 2.45) is 0 Å². The maximum absolute atomic E-state index is 10.7. The third-order valence-corrected chi connectivity index (χ3v) is 4.65. The lowest BCUT2D eigenvalue weighted by molar-refractivity contribution is -0.385. The van der Waals surface area contributed by atoms with Gasteiger partial charge < -0.3 is 14.0 Å². The number of ether oxygens (including phenoxy) is 2. The van der Waals surface area contributed by atoms with E-state index in [1.54, 1.807) is 7.11 Å². The van der Waals surface area contributed by atoms with Crippen LogP contribution in [0.15, 0.2) is 41.8 Å². The summed E-state index contributed by atoms with van der Waals surface area (Å²) in [6.45, 7) is 2.94. The van der Waals surface area contributed by atoms with E-state index < -0.39 is 4.92 Å². The van der Waals surface area contributed by atoms with Crippen LogP contribution in [-0.2, 0) is 19.0 Å². The highest BCUT2D eigenvalue weighted by Crippen LogP contribution is 2.22. The molecule has 11 heteroatoms. The number of benzene rings is 1. The monoisotopic (exact) mass is 390 g/mol. The van der Waals surface area contributed by atoms with Crippen molar-refractivity contribution in [3.8, 4) is 11.5 Å². The predicted molar refractivity (Wildman–Crippen MR) is 97.8 cm³/mol. The molecule has 2 heterocycles. The van der Waals surface area contributed by atoms with Crippen LogP contribution in [-0.4, -0.2) is 36.6 Å². The standard InChI is InChI=1S/C16H18N6O4S/c1-3-21-15(10-26-14-6-4-13(25-2)5-7-14)18-19-16(21)27-11-20-9-12(8-17-20)22(23)24/h4-9H,3,10-11H2,1-2H3. The van der Waals surface area contributed by atoms with Gasteiger partial charge in [-0.05, 0) is 31.2 Å². The third-order valence-electron chi connectivity index (χ3n) is 3.69. The first-order chi connectivity index (χ1) is 13.1. The maximum Gasteiger partial charge on any atom is 0.307 e. The second kappa shape index (κ2) is 8.54. The summed E-state index contributed by atoms with van der Waals surface area (Å²) in [4.78, 5) is 10.2. The first kappa shape index (κ1) is 18.7.